The van der Waals surface area contributed by atoms with E-state index in [-0.39, 0.29) is 0 Å². The van der Waals surface area contributed by atoms with Crippen molar-refractivity contribution < 1.29 is 9.53 Å². The molecule has 1 aromatic carbocycles. The molecule has 0 aromatic heterocycles. The Morgan fingerprint density at radius 1 is 1.47 bits per heavy atom. The van der Waals surface area contributed by atoms with Gasteiger partial charge in [0.05, 0.1) is 6.61 Å². The summed E-state index contributed by atoms with van der Waals surface area (Å²) >= 11 is 0. The second kappa shape index (κ2) is 5.66. The topological polar surface area (TPSA) is 26.3 Å². The van der Waals surface area contributed by atoms with Crippen LogP contribution in [0.1, 0.15) is 12.5 Å². The van der Waals surface area contributed by atoms with Crippen LogP contribution in [-0.2, 0) is 9.53 Å². The molecule has 76 valence electrons. The van der Waals surface area contributed by atoms with Crippen LogP contribution >= 0.6 is 0 Å². The summed E-state index contributed by atoms with van der Waals surface area (Å²) in [6.45, 7) is 2.10. The molecule has 0 aliphatic rings. The summed E-state index contributed by atoms with van der Waals surface area (Å²) in [6.07, 6.45) is 6.66. The number of hydrogen-bond donors (Lipinski definition) is 0. The zero-order valence-corrected chi connectivity index (χ0v) is 8.57. The zero-order chi connectivity index (χ0) is 11.1. The molecule has 2 heteroatoms. The average molecular weight is 200 g/mol. The maximum atomic E-state index is 11.2. The number of benzene rings is 1. The molecule has 0 N–H and O–H groups in total. The van der Waals surface area contributed by atoms with Gasteiger partial charge in [0.1, 0.15) is 0 Å². The van der Waals surface area contributed by atoms with Crippen molar-refractivity contribution in [2.45, 2.75) is 6.92 Å². The van der Waals surface area contributed by atoms with Crippen LogP contribution in [-0.4, -0.2) is 12.6 Å². The molecule has 1 aromatic rings. The Labute approximate surface area is 89.6 Å². The van der Waals surface area contributed by atoms with Gasteiger partial charge in [0.25, 0.3) is 0 Å². The van der Waals surface area contributed by atoms with Crippen LogP contribution in [0.15, 0.2) is 36.4 Å². The molecule has 0 fully saturated rings. The van der Waals surface area contributed by atoms with Gasteiger partial charge in [0.15, 0.2) is 0 Å². The Morgan fingerprint density at radius 2 is 2.13 bits per heavy atom. The van der Waals surface area contributed by atoms with Crippen molar-refractivity contribution >= 4 is 11.5 Å². The lowest BCUT2D eigenvalue weighted by Gasteiger charge is -2.00. The number of carbonyl (C=O) groups excluding carboxylic acids is 1. The Bertz CT molecular complexity index is 396. The molecule has 0 spiro atoms. The average Bonchev–Trinajstić information content (AvgIpc) is 2.27. The third kappa shape index (κ3) is 3.32. The van der Waals surface area contributed by atoms with Crippen LogP contribution in [0.2, 0.25) is 0 Å². The van der Waals surface area contributed by atoms with Crippen molar-refractivity contribution in [2.75, 3.05) is 6.61 Å². The molecule has 0 heterocycles. The van der Waals surface area contributed by atoms with Gasteiger partial charge in [0.2, 0.25) is 0 Å². The highest BCUT2D eigenvalue weighted by molar-refractivity contribution is 5.95. The maximum absolute atomic E-state index is 11.2. The van der Waals surface area contributed by atoms with Gasteiger partial charge in [-0.3, -0.25) is 0 Å². The number of rotatable bonds is 3. The third-order valence-electron chi connectivity index (χ3n) is 1.79. The number of ether oxygens (including phenoxy) is 1. The minimum absolute atomic E-state index is 0.349. The number of terminal acetylenes is 1. The lowest BCUT2D eigenvalue weighted by Crippen LogP contribution is -2.00. The van der Waals surface area contributed by atoms with Gasteiger partial charge in [-0.1, -0.05) is 36.3 Å². The van der Waals surface area contributed by atoms with Gasteiger partial charge >= 0.3 is 5.97 Å². The number of carbonyl (C=O) groups is 1. The first-order valence-electron chi connectivity index (χ1n) is 4.68. The molecule has 0 bridgehead atoms. The maximum Gasteiger partial charge on any atom is 0.332 e. The predicted octanol–water partition coefficient (Wildman–Crippen LogP) is 2.27. The fourth-order valence-electron chi connectivity index (χ4n) is 1.13. The Morgan fingerprint density at radius 3 is 2.67 bits per heavy atom. The summed E-state index contributed by atoms with van der Waals surface area (Å²) < 4.78 is 4.78. The van der Waals surface area contributed by atoms with Gasteiger partial charge in [-0.05, 0) is 12.5 Å². The molecule has 0 aliphatic carbocycles. The fourth-order valence-corrected chi connectivity index (χ4v) is 1.13. The van der Waals surface area contributed by atoms with E-state index in [4.69, 9.17) is 11.2 Å². The first-order chi connectivity index (χ1) is 7.27. The fraction of sp³-hybridized carbons (Fsp3) is 0.154. The van der Waals surface area contributed by atoms with E-state index in [2.05, 4.69) is 5.92 Å². The van der Waals surface area contributed by atoms with Crippen LogP contribution in [0, 0.1) is 12.3 Å². The monoisotopic (exact) mass is 200 g/mol. The quantitative estimate of drug-likeness (QED) is 0.425. The zero-order valence-electron chi connectivity index (χ0n) is 8.57. The summed E-state index contributed by atoms with van der Waals surface area (Å²) in [5.41, 5.74) is 1.38. The molecular formula is C13H12O2. The molecule has 2 nitrogen and oxygen atoms in total. The van der Waals surface area contributed by atoms with Crippen LogP contribution in [0.4, 0.5) is 0 Å². The van der Waals surface area contributed by atoms with Crippen molar-refractivity contribution in [2.24, 2.45) is 0 Å². The van der Waals surface area contributed by atoms with E-state index in [1.54, 1.807) is 6.92 Å². The van der Waals surface area contributed by atoms with Crippen LogP contribution in [0.5, 0.6) is 0 Å². The van der Waals surface area contributed by atoms with Gasteiger partial charge in [-0.2, -0.15) is 0 Å². The van der Waals surface area contributed by atoms with Crippen LogP contribution in [0.3, 0.4) is 0 Å². The van der Waals surface area contributed by atoms with Crippen molar-refractivity contribution in [3.8, 4) is 12.3 Å². The van der Waals surface area contributed by atoms with E-state index in [0.717, 1.165) is 5.56 Å². The van der Waals surface area contributed by atoms with Gasteiger partial charge < -0.3 is 4.74 Å². The Hall–Kier alpha value is -2.01. The van der Waals surface area contributed by atoms with Crippen molar-refractivity contribution in [3.05, 3.63) is 42.0 Å². The standard InChI is InChI=1S/C13H12O2/c1-3-11(10-13(14)15-4-2)12-8-6-5-7-9-12/h1,5-10H,4H2,2H3. The SMILES string of the molecule is C#CC(=CC(=O)OCC)c1ccccc1. The summed E-state index contributed by atoms with van der Waals surface area (Å²) in [5.74, 6) is 2.06. The summed E-state index contributed by atoms with van der Waals surface area (Å²) in [7, 11) is 0. The Balaban J connectivity index is 2.91. The molecule has 0 atom stereocenters. The molecule has 0 radical (unpaired) electrons. The molecule has 15 heavy (non-hydrogen) atoms. The second-order valence-corrected chi connectivity index (χ2v) is 2.82. The normalized spacial score (nSPS) is 10.5. The van der Waals surface area contributed by atoms with Gasteiger partial charge in [0, 0.05) is 11.6 Å². The van der Waals surface area contributed by atoms with Crippen molar-refractivity contribution in [1.29, 1.82) is 0 Å². The molecule has 0 saturated heterocycles. The molecule has 1 rings (SSSR count). The predicted molar refractivity (Wildman–Crippen MR) is 59.9 cm³/mol. The van der Waals surface area contributed by atoms with E-state index in [0.29, 0.717) is 12.2 Å². The van der Waals surface area contributed by atoms with E-state index in [1.807, 2.05) is 30.3 Å². The molecule has 0 saturated carbocycles. The first kappa shape index (κ1) is 11.1. The third-order valence-corrected chi connectivity index (χ3v) is 1.79. The summed E-state index contributed by atoms with van der Waals surface area (Å²) in [6, 6.07) is 9.33. The molecule has 0 amide bonds. The van der Waals surface area contributed by atoms with Crippen molar-refractivity contribution in [1.82, 2.24) is 0 Å². The summed E-state index contributed by atoms with van der Waals surface area (Å²) in [4.78, 5) is 11.2. The highest BCUT2D eigenvalue weighted by Gasteiger charge is 2.01. The van der Waals surface area contributed by atoms with Crippen LogP contribution in [0.25, 0.3) is 5.57 Å². The number of esters is 1. The lowest BCUT2D eigenvalue weighted by atomic mass is 10.1. The number of allylic oxidation sites excluding steroid dienone is 1. The van der Waals surface area contributed by atoms with E-state index >= 15 is 0 Å². The van der Waals surface area contributed by atoms with Crippen molar-refractivity contribution in [3.63, 3.8) is 0 Å². The van der Waals surface area contributed by atoms with E-state index < -0.39 is 5.97 Å². The highest BCUT2D eigenvalue weighted by atomic mass is 16.5. The largest absolute Gasteiger partial charge is 0.463 e. The first-order valence-corrected chi connectivity index (χ1v) is 4.68. The van der Waals surface area contributed by atoms with Gasteiger partial charge in [-0.25, -0.2) is 4.79 Å². The molecule has 0 aliphatic heterocycles. The van der Waals surface area contributed by atoms with Crippen LogP contribution < -0.4 is 0 Å². The summed E-state index contributed by atoms with van der Waals surface area (Å²) in [5, 5.41) is 0. The number of hydrogen-bond acceptors (Lipinski definition) is 2. The Kier molecular flexibility index (Phi) is 4.18. The van der Waals surface area contributed by atoms with E-state index in [1.165, 1.54) is 6.08 Å². The smallest absolute Gasteiger partial charge is 0.332 e. The highest BCUT2D eigenvalue weighted by Crippen LogP contribution is 2.12. The molecule has 0 unspecified atom stereocenters. The molecular weight excluding hydrogens is 188 g/mol. The minimum atomic E-state index is -0.408. The minimum Gasteiger partial charge on any atom is -0.463 e. The van der Waals surface area contributed by atoms with Gasteiger partial charge in [-0.15, -0.1) is 6.42 Å². The van der Waals surface area contributed by atoms with E-state index in [9.17, 15) is 4.79 Å². The second-order valence-electron chi connectivity index (χ2n) is 2.82. The lowest BCUT2D eigenvalue weighted by molar-refractivity contribution is -0.137.